The van der Waals surface area contributed by atoms with Crippen molar-refractivity contribution in [3.63, 3.8) is 0 Å². The number of hydrogen-bond donors (Lipinski definition) is 2. The lowest BCUT2D eigenvalue weighted by molar-refractivity contribution is 0.0497. The molecule has 1 amide bonds. The minimum Gasteiger partial charge on any atom is -0.444 e. The Balaban J connectivity index is 1.72. The van der Waals surface area contributed by atoms with E-state index in [1.54, 1.807) is 45.0 Å². The zero-order valence-corrected chi connectivity index (χ0v) is 19.6. The van der Waals surface area contributed by atoms with Crippen LogP contribution in [0.5, 0.6) is 0 Å². The summed E-state index contributed by atoms with van der Waals surface area (Å²) in [7, 11) is -3.95. The van der Waals surface area contributed by atoms with Crippen molar-refractivity contribution in [2.75, 3.05) is 22.7 Å². The highest BCUT2D eigenvalue weighted by Gasteiger charge is 2.27. The first kappa shape index (κ1) is 23.8. The van der Waals surface area contributed by atoms with Crippen molar-refractivity contribution in [1.29, 1.82) is 0 Å². The van der Waals surface area contributed by atoms with Crippen LogP contribution in [-0.4, -0.2) is 39.2 Å². The largest absolute Gasteiger partial charge is 0.444 e. The smallest absolute Gasteiger partial charge is 0.407 e. The van der Waals surface area contributed by atoms with E-state index in [4.69, 9.17) is 4.74 Å². The third-order valence-corrected chi connectivity index (χ3v) is 6.48. The van der Waals surface area contributed by atoms with Gasteiger partial charge in [-0.2, -0.15) is 0 Å². The second-order valence-electron chi connectivity index (χ2n) is 8.96. The Morgan fingerprint density at radius 2 is 1.72 bits per heavy atom. The Labute approximate surface area is 189 Å². The van der Waals surface area contributed by atoms with Crippen molar-refractivity contribution < 1.29 is 22.3 Å². The van der Waals surface area contributed by atoms with E-state index in [0.717, 1.165) is 5.56 Å². The number of carbonyl (C=O) groups is 1. The van der Waals surface area contributed by atoms with E-state index in [2.05, 4.69) is 10.0 Å². The third kappa shape index (κ3) is 6.12. The number of rotatable bonds is 5. The standard InChI is InChI=1S/C23H30FN3O4S/c1-16-8-10-18(11-9-16)32(29,30)26-21-19(24)6-5-7-20(21)27-14-12-17(13-15-27)25-22(28)31-23(2,3)4/h5-11,17,26H,12-15H2,1-4H3,(H,25,28). The van der Waals surface area contributed by atoms with Crippen LogP contribution in [0.25, 0.3) is 0 Å². The molecule has 2 aromatic carbocycles. The molecule has 2 aromatic rings. The number of hydrogen-bond acceptors (Lipinski definition) is 5. The fraction of sp³-hybridized carbons (Fsp3) is 0.435. The monoisotopic (exact) mass is 463 g/mol. The molecule has 174 valence electrons. The normalized spacial score (nSPS) is 15.3. The summed E-state index contributed by atoms with van der Waals surface area (Å²) >= 11 is 0. The van der Waals surface area contributed by atoms with Gasteiger partial charge >= 0.3 is 6.09 Å². The van der Waals surface area contributed by atoms with Crippen molar-refractivity contribution in [2.45, 2.75) is 57.1 Å². The van der Waals surface area contributed by atoms with Crippen LogP contribution in [0, 0.1) is 12.7 Å². The summed E-state index contributed by atoms with van der Waals surface area (Å²) in [5.74, 6) is -0.646. The van der Waals surface area contributed by atoms with Crippen LogP contribution in [0.15, 0.2) is 47.4 Å². The van der Waals surface area contributed by atoms with E-state index in [9.17, 15) is 17.6 Å². The lowest BCUT2D eigenvalue weighted by Gasteiger charge is -2.35. The number of anilines is 2. The summed E-state index contributed by atoms with van der Waals surface area (Å²) in [6, 6.07) is 10.8. The minimum absolute atomic E-state index is 0.0672. The number of aryl methyl sites for hydroxylation is 1. The van der Waals surface area contributed by atoms with Gasteiger partial charge in [-0.3, -0.25) is 4.72 Å². The van der Waals surface area contributed by atoms with Gasteiger partial charge < -0.3 is 15.0 Å². The molecule has 9 heteroatoms. The molecule has 0 aliphatic carbocycles. The van der Waals surface area contributed by atoms with Gasteiger partial charge in [0.2, 0.25) is 0 Å². The predicted molar refractivity (Wildman–Crippen MR) is 123 cm³/mol. The zero-order chi connectivity index (χ0) is 23.5. The summed E-state index contributed by atoms with van der Waals surface area (Å²) < 4.78 is 48.1. The molecule has 7 nitrogen and oxygen atoms in total. The number of nitrogens with zero attached hydrogens (tertiary/aromatic N) is 1. The van der Waals surface area contributed by atoms with Crippen LogP contribution in [0.3, 0.4) is 0 Å². The van der Waals surface area contributed by atoms with E-state index in [-0.39, 0.29) is 16.6 Å². The number of carbonyl (C=O) groups excluding carboxylic acids is 1. The molecule has 1 saturated heterocycles. The summed E-state index contributed by atoms with van der Waals surface area (Å²) in [5, 5.41) is 2.86. The molecule has 1 aliphatic heterocycles. The van der Waals surface area contributed by atoms with Gasteiger partial charge in [-0.15, -0.1) is 0 Å². The molecule has 0 aromatic heterocycles. The third-order valence-electron chi connectivity index (χ3n) is 5.12. The molecule has 0 atom stereocenters. The average Bonchev–Trinajstić information content (AvgIpc) is 2.69. The maximum atomic E-state index is 14.7. The Morgan fingerprint density at radius 1 is 1.09 bits per heavy atom. The zero-order valence-electron chi connectivity index (χ0n) is 18.8. The fourth-order valence-corrected chi connectivity index (χ4v) is 4.61. The summed E-state index contributed by atoms with van der Waals surface area (Å²) in [6.07, 6.45) is 0.785. The van der Waals surface area contributed by atoms with Gasteiger partial charge in [-0.05, 0) is 64.8 Å². The molecule has 1 aliphatic rings. The molecule has 32 heavy (non-hydrogen) atoms. The molecule has 1 heterocycles. The van der Waals surface area contributed by atoms with E-state index in [1.807, 2.05) is 11.8 Å². The van der Waals surface area contributed by atoms with Crippen LogP contribution >= 0.6 is 0 Å². The van der Waals surface area contributed by atoms with Crippen LogP contribution < -0.4 is 14.9 Å². The number of benzene rings is 2. The maximum absolute atomic E-state index is 14.7. The van der Waals surface area contributed by atoms with Crippen molar-refractivity contribution >= 4 is 27.5 Å². The lowest BCUT2D eigenvalue weighted by atomic mass is 10.0. The first-order valence-corrected chi connectivity index (χ1v) is 12.1. The number of para-hydroxylation sites is 1. The van der Waals surface area contributed by atoms with Crippen molar-refractivity contribution in [3.8, 4) is 0 Å². The molecule has 0 spiro atoms. The number of amides is 1. The Kier molecular flexibility index (Phi) is 6.97. The van der Waals surface area contributed by atoms with E-state index < -0.39 is 27.5 Å². The molecule has 3 rings (SSSR count). The Morgan fingerprint density at radius 3 is 2.31 bits per heavy atom. The van der Waals surface area contributed by atoms with E-state index >= 15 is 0 Å². The van der Waals surface area contributed by atoms with Crippen LogP contribution in [-0.2, 0) is 14.8 Å². The first-order chi connectivity index (χ1) is 14.9. The lowest BCUT2D eigenvalue weighted by Crippen LogP contribution is -2.46. The number of piperidine rings is 1. The van der Waals surface area contributed by atoms with Gasteiger partial charge in [-0.1, -0.05) is 23.8 Å². The predicted octanol–water partition coefficient (Wildman–Crippen LogP) is 4.43. The topological polar surface area (TPSA) is 87.7 Å². The van der Waals surface area contributed by atoms with Crippen LogP contribution in [0.1, 0.15) is 39.2 Å². The molecule has 2 N–H and O–H groups in total. The number of nitrogens with one attached hydrogen (secondary N) is 2. The Hall–Kier alpha value is -2.81. The average molecular weight is 464 g/mol. The van der Waals surface area contributed by atoms with Gasteiger partial charge in [0.25, 0.3) is 10.0 Å². The summed E-state index contributed by atoms with van der Waals surface area (Å²) in [5.41, 5.74) is 0.747. The highest BCUT2D eigenvalue weighted by atomic mass is 32.2. The number of halogens is 1. The number of alkyl carbamates (subject to hydrolysis) is 1. The quantitative estimate of drug-likeness (QED) is 0.685. The highest BCUT2D eigenvalue weighted by Crippen LogP contribution is 2.32. The molecule has 0 unspecified atom stereocenters. The minimum atomic E-state index is -3.95. The Bertz CT molecular complexity index is 1060. The second kappa shape index (κ2) is 9.36. The molecule has 0 bridgehead atoms. The summed E-state index contributed by atoms with van der Waals surface area (Å²) in [4.78, 5) is 14.0. The molecular formula is C23H30FN3O4S. The van der Waals surface area contributed by atoms with E-state index in [1.165, 1.54) is 18.2 Å². The molecular weight excluding hydrogens is 433 g/mol. The van der Waals surface area contributed by atoms with Crippen molar-refractivity contribution in [3.05, 3.63) is 53.8 Å². The van der Waals surface area contributed by atoms with E-state index in [0.29, 0.717) is 31.6 Å². The van der Waals surface area contributed by atoms with Gasteiger partial charge in [-0.25, -0.2) is 17.6 Å². The molecule has 0 radical (unpaired) electrons. The second-order valence-corrected chi connectivity index (χ2v) is 10.6. The van der Waals surface area contributed by atoms with Crippen LogP contribution in [0.4, 0.5) is 20.6 Å². The molecule has 0 saturated carbocycles. The maximum Gasteiger partial charge on any atom is 0.407 e. The van der Waals surface area contributed by atoms with Gasteiger partial charge in [0.05, 0.1) is 10.6 Å². The van der Waals surface area contributed by atoms with Crippen molar-refractivity contribution in [1.82, 2.24) is 5.32 Å². The van der Waals surface area contributed by atoms with Crippen LogP contribution in [0.2, 0.25) is 0 Å². The van der Waals surface area contributed by atoms with Gasteiger partial charge in [0, 0.05) is 19.1 Å². The number of sulfonamides is 1. The van der Waals surface area contributed by atoms with Gasteiger partial charge in [0.1, 0.15) is 17.1 Å². The molecule has 1 fully saturated rings. The SMILES string of the molecule is Cc1ccc(S(=O)(=O)Nc2c(F)cccc2N2CCC(NC(=O)OC(C)(C)C)CC2)cc1. The van der Waals surface area contributed by atoms with Gasteiger partial charge in [0.15, 0.2) is 0 Å². The van der Waals surface area contributed by atoms with Crippen molar-refractivity contribution in [2.24, 2.45) is 0 Å². The highest BCUT2D eigenvalue weighted by molar-refractivity contribution is 7.92. The fourth-order valence-electron chi connectivity index (χ4n) is 3.53. The number of ether oxygens (including phenoxy) is 1. The summed E-state index contributed by atoms with van der Waals surface area (Å²) in [6.45, 7) is 8.33. The first-order valence-electron chi connectivity index (χ1n) is 10.6.